The number of phenols is 1. The van der Waals surface area contributed by atoms with Gasteiger partial charge in [0.15, 0.2) is 0 Å². The fourth-order valence-corrected chi connectivity index (χ4v) is 1.08. The lowest BCUT2D eigenvalue weighted by atomic mass is 10.2. The molecule has 0 aliphatic rings. The van der Waals surface area contributed by atoms with Crippen molar-refractivity contribution in [2.45, 2.75) is 13.8 Å². The minimum absolute atomic E-state index is 0.171. The van der Waals surface area contributed by atoms with Crippen LogP contribution in [0.15, 0.2) is 48.5 Å². The molecule has 1 nitrogen and oxygen atoms in total. The van der Waals surface area contributed by atoms with Crippen molar-refractivity contribution in [3.05, 3.63) is 65.5 Å². The molecule has 0 heterocycles. The van der Waals surface area contributed by atoms with Gasteiger partial charge in [0.2, 0.25) is 0 Å². The molecular weight excluding hydrogens is 202 g/mol. The van der Waals surface area contributed by atoms with Gasteiger partial charge in [-0.1, -0.05) is 35.4 Å². The van der Waals surface area contributed by atoms with Gasteiger partial charge in [-0.25, -0.2) is 4.39 Å². The summed E-state index contributed by atoms with van der Waals surface area (Å²) in [6.45, 7) is 3.92. The van der Waals surface area contributed by atoms with E-state index in [1.165, 1.54) is 17.7 Å². The van der Waals surface area contributed by atoms with Crippen LogP contribution in [0.5, 0.6) is 5.75 Å². The molecule has 0 aromatic heterocycles. The number of hydrogen-bond acceptors (Lipinski definition) is 1. The van der Waals surface area contributed by atoms with Gasteiger partial charge in [0.1, 0.15) is 11.6 Å². The van der Waals surface area contributed by atoms with Crippen LogP contribution in [-0.2, 0) is 0 Å². The Hall–Kier alpha value is -1.83. The molecule has 0 bridgehead atoms. The Morgan fingerprint density at radius 3 is 1.44 bits per heavy atom. The zero-order valence-electron chi connectivity index (χ0n) is 9.44. The number of phenolic OH excluding ortho intramolecular Hbond substituents is 1. The van der Waals surface area contributed by atoms with Crippen LogP contribution in [0.2, 0.25) is 0 Å². The molecule has 0 atom stereocenters. The lowest BCUT2D eigenvalue weighted by Gasteiger charge is -1.89. The predicted octanol–water partition coefficient (Wildman–Crippen LogP) is 3.83. The van der Waals surface area contributed by atoms with Gasteiger partial charge in [0.05, 0.1) is 0 Å². The van der Waals surface area contributed by atoms with Gasteiger partial charge in [0.25, 0.3) is 0 Å². The molecular formula is C14H15FO. The van der Waals surface area contributed by atoms with Crippen molar-refractivity contribution in [1.82, 2.24) is 0 Å². The average molecular weight is 217 g/mol. The Morgan fingerprint density at radius 1 is 0.750 bits per heavy atom. The van der Waals surface area contributed by atoms with Crippen LogP contribution in [0.3, 0.4) is 0 Å². The average Bonchev–Trinajstić information content (AvgIpc) is 2.28. The van der Waals surface area contributed by atoms with Gasteiger partial charge in [0, 0.05) is 0 Å². The third-order valence-corrected chi connectivity index (χ3v) is 2.04. The van der Waals surface area contributed by atoms with E-state index in [1.54, 1.807) is 24.3 Å². The Morgan fingerprint density at radius 2 is 1.12 bits per heavy atom. The van der Waals surface area contributed by atoms with Crippen LogP contribution in [0.1, 0.15) is 11.1 Å². The summed E-state index contributed by atoms with van der Waals surface area (Å²) in [5.41, 5.74) is 2.26. The monoisotopic (exact) mass is 217 g/mol. The van der Waals surface area contributed by atoms with Gasteiger partial charge in [-0.05, 0) is 38.1 Å². The minimum atomic E-state index is -0.171. The second-order valence-electron chi connectivity index (χ2n) is 3.63. The van der Waals surface area contributed by atoms with Crippen molar-refractivity contribution < 1.29 is 9.50 Å². The highest BCUT2D eigenvalue weighted by molar-refractivity contribution is 5.24. The van der Waals surface area contributed by atoms with Crippen LogP contribution >= 0.6 is 0 Å². The van der Waals surface area contributed by atoms with Crippen molar-refractivity contribution in [3.63, 3.8) is 0 Å². The van der Waals surface area contributed by atoms with E-state index in [0.717, 1.165) is 5.56 Å². The molecule has 16 heavy (non-hydrogen) atoms. The molecule has 0 aliphatic heterocycles. The highest BCUT2D eigenvalue weighted by Gasteiger charge is 1.83. The maximum absolute atomic E-state index is 12.1. The Balaban J connectivity index is 0.000000160. The molecule has 0 radical (unpaired) electrons. The molecule has 84 valence electrons. The van der Waals surface area contributed by atoms with E-state index in [9.17, 15) is 4.39 Å². The number of benzene rings is 2. The van der Waals surface area contributed by atoms with Crippen LogP contribution < -0.4 is 0 Å². The Kier molecular flexibility index (Phi) is 4.52. The zero-order chi connectivity index (χ0) is 12.0. The summed E-state index contributed by atoms with van der Waals surface area (Å²) >= 11 is 0. The summed E-state index contributed by atoms with van der Waals surface area (Å²) in [5, 5.41) is 8.76. The van der Waals surface area contributed by atoms with Crippen LogP contribution in [0, 0.1) is 19.7 Å². The van der Waals surface area contributed by atoms with E-state index in [-0.39, 0.29) is 5.82 Å². The number of aryl methyl sites for hydroxylation is 2. The standard InChI is InChI=1S/C7H7F.C7H8O/c2*1-6-2-4-7(8)5-3-6/h2-5H,1H3;2-5,8H,1H3/i8-1;. The quantitative estimate of drug-likeness (QED) is 0.711. The van der Waals surface area contributed by atoms with E-state index >= 15 is 0 Å². The minimum Gasteiger partial charge on any atom is -0.508 e. The van der Waals surface area contributed by atoms with E-state index in [0.29, 0.717) is 5.75 Å². The summed E-state index contributed by atoms with van der Waals surface area (Å²) < 4.78 is 12.1. The van der Waals surface area contributed by atoms with Crippen LogP contribution in [-0.4, -0.2) is 5.11 Å². The largest absolute Gasteiger partial charge is 0.508 e. The first kappa shape index (κ1) is 12.2. The van der Waals surface area contributed by atoms with Gasteiger partial charge in [-0.3, -0.25) is 0 Å². The first-order valence-electron chi connectivity index (χ1n) is 5.06. The molecule has 0 aliphatic carbocycles. The number of halogens is 1. The lowest BCUT2D eigenvalue weighted by Crippen LogP contribution is -1.71. The second-order valence-corrected chi connectivity index (χ2v) is 3.63. The summed E-state index contributed by atoms with van der Waals surface area (Å²) in [5.74, 6) is 0.159. The summed E-state index contributed by atoms with van der Waals surface area (Å²) in [6.07, 6.45) is 0. The molecule has 0 spiro atoms. The zero-order valence-corrected chi connectivity index (χ0v) is 9.44. The maximum Gasteiger partial charge on any atom is 0.123 e. The second kappa shape index (κ2) is 5.91. The highest BCUT2D eigenvalue weighted by Crippen LogP contribution is 2.07. The lowest BCUT2D eigenvalue weighted by molar-refractivity contribution is 0.475. The summed E-state index contributed by atoms with van der Waals surface area (Å²) in [4.78, 5) is 0. The number of rotatable bonds is 0. The van der Waals surface area contributed by atoms with Gasteiger partial charge in [-0.15, -0.1) is 0 Å². The Bertz CT molecular complexity index is 332. The van der Waals surface area contributed by atoms with Crippen LogP contribution in [0.25, 0.3) is 0 Å². The first-order chi connectivity index (χ1) is 7.58. The van der Waals surface area contributed by atoms with Crippen molar-refractivity contribution in [2.24, 2.45) is 0 Å². The molecule has 1 N–H and O–H groups in total. The van der Waals surface area contributed by atoms with E-state index in [4.69, 9.17) is 5.11 Å². The smallest absolute Gasteiger partial charge is 0.123 e. The summed E-state index contributed by atoms with van der Waals surface area (Å²) in [7, 11) is 0. The molecule has 0 unspecified atom stereocenters. The third-order valence-electron chi connectivity index (χ3n) is 2.04. The molecule has 0 amide bonds. The van der Waals surface area contributed by atoms with E-state index in [2.05, 4.69) is 0 Å². The molecule has 2 aromatic rings. The van der Waals surface area contributed by atoms with Gasteiger partial charge in [-0.2, -0.15) is 0 Å². The summed E-state index contributed by atoms with van der Waals surface area (Å²) in [6, 6.07) is 13.5. The van der Waals surface area contributed by atoms with Gasteiger partial charge < -0.3 is 5.11 Å². The van der Waals surface area contributed by atoms with E-state index < -0.39 is 0 Å². The van der Waals surface area contributed by atoms with Crippen molar-refractivity contribution in [2.75, 3.05) is 0 Å². The molecule has 2 aromatic carbocycles. The maximum atomic E-state index is 12.1. The number of aromatic hydroxyl groups is 1. The SMILES string of the molecule is Cc1ccc(O)cc1.Cc1ccc([18F])cc1. The molecule has 0 saturated heterocycles. The normalized spacial score (nSPS) is 9.19. The molecule has 0 saturated carbocycles. The fraction of sp³-hybridized carbons (Fsp3) is 0.143. The topological polar surface area (TPSA) is 20.2 Å². The third kappa shape index (κ3) is 4.60. The van der Waals surface area contributed by atoms with Gasteiger partial charge >= 0.3 is 0 Å². The highest BCUT2D eigenvalue weighted by atomic mass is 18.2. The molecule has 2 rings (SSSR count). The first-order valence-corrected chi connectivity index (χ1v) is 5.06. The molecule has 0 fully saturated rings. The number of hydrogen-bond donors (Lipinski definition) is 1. The van der Waals surface area contributed by atoms with Crippen LogP contribution in [0.4, 0.5) is 4.39 Å². The fourth-order valence-electron chi connectivity index (χ4n) is 1.08. The van der Waals surface area contributed by atoms with Crippen molar-refractivity contribution in [3.8, 4) is 5.75 Å². The molecule has 2 heteroatoms. The van der Waals surface area contributed by atoms with Crippen molar-refractivity contribution >= 4 is 0 Å². The van der Waals surface area contributed by atoms with Crippen molar-refractivity contribution in [1.29, 1.82) is 0 Å². The van der Waals surface area contributed by atoms with E-state index in [1.807, 2.05) is 26.0 Å². The Labute approximate surface area is 95.2 Å². The predicted molar refractivity (Wildman–Crippen MR) is 64.0 cm³/mol.